The topological polar surface area (TPSA) is 89.9 Å². The van der Waals surface area contributed by atoms with Crippen LogP contribution in [0.2, 0.25) is 0 Å². The van der Waals surface area contributed by atoms with Crippen LogP contribution in [0.3, 0.4) is 0 Å². The third-order valence-corrected chi connectivity index (χ3v) is 9.78. The maximum Gasteiger partial charge on any atom is 0.231 e. The highest BCUT2D eigenvalue weighted by Gasteiger charge is 2.35. The third-order valence-electron chi connectivity index (χ3n) is 9.78. The van der Waals surface area contributed by atoms with Gasteiger partial charge in [0.15, 0.2) is 34.5 Å². The number of benzene rings is 4. The standard InChI is InChI=1S/C37H36N2O7/c1-21(40)39-13-11-24-17-32(42-3)33-19-27(24)28(39)14-22-4-7-26(8-5-22)45-37-35-25(18-34-36(37)44-20-43-34)10-12-38(2)29(35)15-23-6-9-30(41)31(16-23)46-33/h4-9,16-19,28-29,41H,10-15,20H2,1-3H3/t28-,29+/m0/s1. The molecule has 4 aromatic rings. The van der Waals surface area contributed by atoms with Crippen LogP contribution in [0.1, 0.15) is 52.4 Å². The van der Waals surface area contributed by atoms with Gasteiger partial charge in [0.2, 0.25) is 18.4 Å². The Balaban J connectivity index is 1.31. The van der Waals surface area contributed by atoms with Crippen LogP contribution in [-0.4, -0.2) is 54.9 Å². The minimum atomic E-state index is -0.202. The molecule has 46 heavy (non-hydrogen) atoms. The van der Waals surface area contributed by atoms with Gasteiger partial charge in [-0.15, -0.1) is 0 Å². The van der Waals surface area contributed by atoms with Crippen LogP contribution >= 0.6 is 0 Å². The Morgan fingerprint density at radius 1 is 0.826 bits per heavy atom. The summed E-state index contributed by atoms with van der Waals surface area (Å²) in [4.78, 5) is 17.1. The van der Waals surface area contributed by atoms with E-state index in [1.54, 1.807) is 20.1 Å². The molecule has 0 aliphatic carbocycles. The molecule has 236 valence electrons. The van der Waals surface area contributed by atoms with Crippen molar-refractivity contribution in [3.8, 4) is 46.0 Å². The third kappa shape index (κ3) is 4.86. The molecule has 5 aliphatic heterocycles. The number of hydrogen-bond acceptors (Lipinski definition) is 8. The van der Waals surface area contributed by atoms with E-state index >= 15 is 0 Å². The van der Waals surface area contributed by atoms with Crippen LogP contribution in [0.15, 0.2) is 60.7 Å². The largest absolute Gasteiger partial charge is 0.504 e. The van der Waals surface area contributed by atoms with Gasteiger partial charge in [0, 0.05) is 31.6 Å². The van der Waals surface area contributed by atoms with Crippen LogP contribution < -0.4 is 23.7 Å². The van der Waals surface area contributed by atoms with Gasteiger partial charge in [-0.1, -0.05) is 18.2 Å². The SMILES string of the molecule is COc1cc2c3cc1Oc1cc(ccc1O)C[C@@H]1c4c(cc5c(c4Oc4ccc(cc4)C[C@@H]3N(C(C)=O)CC2)OCO5)CCN1C. The smallest absolute Gasteiger partial charge is 0.231 e. The Hall–Kier alpha value is -4.89. The lowest BCUT2D eigenvalue weighted by molar-refractivity contribution is -0.131. The number of nitrogens with zero attached hydrogens (tertiary/aromatic N) is 2. The summed E-state index contributed by atoms with van der Waals surface area (Å²) < 4.78 is 30.8. The van der Waals surface area contributed by atoms with Crippen molar-refractivity contribution in [2.75, 3.05) is 34.0 Å². The fraction of sp³-hybridized carbons (Fsp3) is 0.324. The molecule has 0 saturated carbocycles. The quantitative estimate of drug-likeness (QED) is 0.259. The molecule has 4 aromatic carbocycles. The van der Waals surface area contributed by atoms with Gasteiger partial charge >= 0.3 is 0 Å². The maximum absolute atomic E-state index is 12.9. The molecule has 1 amide bonds. The molecule has 6 bridgehead atoms. The molecule has 9 rings (SSSR count). The van der Waals surface area contributed by atoms with E-state index in [0.717, 1.165) is 40.8 Å². The first-order valence-corrected chi connectivity index (χ1v) is 15.8. The summed E-state index contributed by atoms with van der Waals surface area (Å²) in [6.45, 7) is 3.25. The predicted octanol–water partition coefficient (Wildman–Crippen LogP) is 6.49. The van der Waals surface area contributed by atoms with Gasteiger partial charge < -0.3 is 33.7 Å². The zero-order valence-electron chi connectivity index (χ0n) is 26.2. The molecule has 9 heteroatoms. The Morgan fingerprint density at radius 2 is 1.61 bits per heavy atom. The summed E-state index contributed by atoms with van der Waals surface area (Å²) in [5.41, 5.74) is 6.42. The monoisotopic (exact) mass is 620 g/mol. The van der Waals surface area contributed by atoms with Crippen LogP contribution in [0.25, 0.3) is 0 Å². The van der Waals surface area contributed by atoms with Crippen LogP contribution in [0, 0.1) is 0 Å². The summed E-state index contributed by atoms with van der Waals surface area (Å²) in [6, 6.07) is 19.4. The second-order valence-electron chi connectivity index (χ2n) is 12.5. The highest BCUT2D eigenvalue weighted by atomic mass is 16.7. The number of likely N-dealkylation sites (N-methyl/N-ethyl adjacent to an activating group) is 1. The maximum atomic E-state index is 12.9. The average molecular weight is 621 g/mol. The fourth-order valence-electron chi connectivity index (χ4n) is 7.37. The minimum absolute atomic E-state index is 0.0193. The van der Waals surface area contributed by atoms with Crippen molar-refractivity contribution < 1.29 is 33.6 Å². The van der Waals surface area contributed by atoms with Gasteiger partial charge in [0.25, 0.3) is 0 Å². The fourth-order valence-corrected chi connectivity index (χ4v) is 7.37. The van der Waals surface area contributed by atoms with Crippen molar-refractivity contribution >= 4 is 5.91 Å². The second-order valence-corrected chi connectivity index (χ2v) is 12.5. The van der Waals surface area contributed by atoms with Crippen molar-refractivity contribution in [2.24, 2.45) is 0 Å². The summed E-state index contributed by atoms with van der Waals surface area (Å²) in [6.07, 6.45) is 2.82. The number of hydrogen-bond donors (Lipinski definition) is 1. The number of amides is 1. The first-order chi connectivity index (χ1) is 22.4. The molecule has 0 fully saturated rings. The molecule has 0 unspecified atom stereocenters. The molecule has 1 N–H and O–H groups in total. The van der Waals surface area contributed by atoms with Crippen LogP contribution in [-0.2, 0) is 30.5 Å². The number of aromatic hydroxyl groups is 1. The van der Waals surface area contributed by atoms with Crippen molar-refractivity contribution in [2.45, 2.75) is 44.7 Å². The van der Waals surface area contributed by atoms with E-state index < -0.39 is 0 Å². The predicted molar refractivity (Wildman–Crippen MR) is 171 cm³/mol. The first-order valence-electron chi connectivity index (χ1n) is 15.8. The van der Waals surface area contributed by atoms with E-state index in [4.69, 9.17) is 23.7 Å². The summed E-state index contributed by atoms with van der Waals surface area (Å²) in [5, 5.41) is 11.0. The van der Waals surface area contributed by atoms with E-state index in [1.165, 1.54) is 5.56 Å². The Labute approximate surface area is 267 Å². The van der Waals surface area contributed by atoms with E-state index in [0.29, 0.717) is 66.1 Å². The van der Waals surface area contributed by atoms with Gasteiger partial charge in [0.1, 0.15) is 5.75 Å². The summed E-state index contributed by atoms with van der Waals surface area (Å²) in [5.74, 6) is 4.14. The van der Waals surface area contributed by atoms with Gasteiger partial charge in [0.05, 0.1) is 13.2 Å². The highest BCUT2D eigenvalue weighted by Crippen LogP contribution is 2.52. The number of carbonyl (C=O) groups excluding carboxylic acids is 1. The molecule has 0 saturated heterocycles. The lowest BCUT2D eigenvalue weighted by Crippen LogP contribution is -2.39. The molecule has 0 aromatic heterocycles. The van der Waals surface area contributed by atoms with Crippen LogP contribution in [0.4, 0.5) is 0 Å². The summed E-state index contributed by atoms with van der Waals surface area (Å²) >= 11 is 0. The number of methoxy groups -OCH3 is 1. The van der Waals surface area contributed by atoms with Gasteiger partial charge in [-0.25, -0.2) is 0 Å². The molecule has 9 nitrogen and oxygen atoms in total. The van der Waals surface area contributed by atoms with Crippen molar-refractivity contribution in [1.82, 2.24) is 9.80 Å². The van der Waals surface area contributed by atoms with Gasteiger partial charge in [-0.05, 0) is 103 Å². The van der Waals surface area contributed by atoms with Gasteiger partial charge in [-0.2, -0.15) is 0 Å². The van der Waals surface area contributed by atoms with E-state index in [9.17, 15) is 9.90 Å². The lowest BCUT2D eigenvalue weighted by Gasteiger charge is -2.37. The number of rotatable bonds is 1. The number of carbonyl (C=O) groups is 1. The van der Waals surface area contributed by atoms with E-state index in [2.05, 4.69) is 30.1 Å². The van der Waals surface area contributed by atoms with E-state index in [-0.39, 0.29) is 30.5 Å². The number of fused-ring (bicyclic) bond motifs is 3. The first kappa shape index (κ1) is 28.6. The second kappa shape index (κ2) is 11.2. The van der Waals surface area contributed by atoms with Crippen molar-refractivity contribution in [1.29, 1.82) is 0 Å². The van der Waals surface area contributed by atoms with Crippen LogP contribution in [0.5, 0.6) is 46.0 Å². The summed E-state index contributed by atoms with van der Waals surface area (Å²) in [7, 11) is 3.74. The molecular weight excluding hydrogens is 584 g/mol. The molecule has 5 aliphatic rings. The number of phenolic OH excluding ortho intramolecular Hbond substituents is 1. The number of phenols is 1. The zero-order valence-corrected chi connectivity index (χ0v) is 26.2. The highest BCUT2D eigenvalue weighted by molar-refractivity contribution is 5.74. The Bertz CT molecular complexity index is 1850. The van der Waals surface area contributed by atoms with Crippen molar-refractivity contribution in [3.05, 3.63) is 94.0 Å². The average Bonchev–Trinajstić information content (AvgIpc) is 3.53. The molecule has 0 spiro atoms. The van der Waals surface area contributed by atoms with E-state index in [1.807, 2.05) is 41.3 Å². The van der Waals surface area contributed by atoms with Crippen molar-refractivity contribution in [3.63, 3.8) is 0 Å². The molecule has 2 atom stereocenters. The minimum Gasteiger partial charge on any atom is -0.504 e. The molecule has 0 radical (unpaired) electrons. The number of ether oxygens (including phenoxy) is 5. The molecule has 5 heterocycles. The lowest BCUT2D eigenvalue weighted by atomic mass is 9.87. The Kier molecular flexibility index (Phi) is 6.94. The zero-order chi connectivity index (χ0) is 31.5. The molecular formula is C37H36N2O7. The Morgan fingerprint density at radius 3 is 2.41 bits per heavy atom. The van der Waals surface area contributed by atoms with Gasteiger partial charge in [-0.3, -0.25) is 9.69 Å². The normalized spacial score (nSPS) is 19.8.